The summed E-state index contributed by atoms with van der Waals surface area (Å²) >= 11 is 3.41. The molecule has 6 N–H and O–H groups in total. The Morgan fingerprint density at radius 3 is 1.70 bits per heavy atom. The number of carboxylic acids is 1. The number of anilines is 1. The number of aryl methyl sites for hydroxylation is 1. The van der Waals surface area contributed by atoms with Crippen molar-refractivity contribution in [3.05, 3.63) is 136 Å². The Hall–Kier alpha value is -5.82. The Kier molecular flexibility index (Phi) is 14.1. The summed E-state index contributed by atoms with van der Waals surface area (Å²) in [5.41, 5.74) is 3.37. The van der Waals surface area contributed by atoms with Crippen molar-refractivity contribution in [2.45, 2.75) is 69.1 Å². The highest BCUT2D eigenvalue weighted by molar-refractivity contribution is 9.10. The molecule has 6 rings (SSSR count). The number of aliphatic carboxylic acids is 1. The van der Waals surface area contributed by atoms with Gasteiger partial charge in [-0.3, -0.25) is 24.0 Å². The molecule has 0 aromatic heterocycles. The quantitative estimate of drug-likeness (QED) is 0.146. The van der Waals surface area contributed by atoms with E-state index >= 15 is 0 Å². The lowest BCUT2D eigenvalue weighted by atomic mass is 10.0. The van der Waals surface area contributed by atoms with Crippen molar-refractivity contribution in [2.75, 3.05) is 5.32 Å². The predicted molar refractivity (Wildman–Crippen MR) is 206 cm³/mol. The van der Waals surface area contributed by atoms with E-state index in [4.69, 9.17) is 0 Å². The first-order valence-electron chi connectivity index (χ1n) is 17.7. The number of carboxylic acid groups (broad SMARTS) is 1. The normalized spacial score (nSPS) is 20.4. The Balaban J connectivity index is 1.49. The third kappa shape index (κ3) is 12.1. The lowest BCUT2D eigenvalue weighted by Gasteiger charge is -2.26. The Morgan fingerprint density at radius 2 is 1.11 bits per heavy atom. The number of carbonyl (C=O) groups excluding carboxylic acids is 5. The van der Waals surface area contributed by atoms with Crippen molar-refractivity contribution < 1.29 is 33.9 Å². The summed E-state index contributed by atoms with van der Waals surface area (Å²) in [5, 5.41) is 23.8. The standard InChI is InChI=1S/C41H42BrN5O7/c42-30-16-11-28(12-17-30)24-34-39(51)46-33(23-27-9-5-2-6-10-27)40(52)47-35(41(53)54)25-29-13-18-31(19-14-29)43-36(48)21-22-37(49)44-32(38(50)45-34)20-15-26-7-3-1-4-8-26/h1-14,16-19,32-35H,15,20-25H2,(H,43,48)(H,44,49)(H,45,50)(H,46,51)(H,47,52)(H,53,54)/t32-,33-,34+,35-/m1/s1. The first-order valence-corrected chi connectivity index (χ1v) is 18.5. The number of hydrogen-bond donors (Lipinski definition) is 6. The molecule has 0 spiro atoms. The highest BCUT2D eigenvalue weighted by atomic mass is 79.9. The Morgan fingerprint density at radius 1 is 0.593 bits per heavy atom. The van der Waals surface area contributed by atoms with E-state index in [9.17, 15) is 33.9 Å². The number of benzene rings is 4. The number of hydrogen-bond acceptors (Lipinski definition) is 6. The molecular weight excluding hydrogens is 754 g/mol. The number of rotatable bonds is 8. The van der Waals surface area contributed by atoms with Gasteiger partial charge in [-0.25, -0.2) is 4.79 Å². The van der Waals surface area contributed by atoms with Gasteiger partial charge in [0.25, 0.3) is 0 Å². The molecule has 0 radical (unpaired) electrons. The van der Waals surface area contributed by atoms with Gasteiger partial charge in [0.15, 0.2) is 0 Å². The number of fused-ring (bicyclic) bond motifs is 18. The van der Waals surface area contributed by atoms with Crippen molar-refractivity contribution in [3.8, 4) is 0 Å². The molecule has 12 nitrogen and oxygen atoms in total. The van der Waals surface area contributed by atoms with Gasteiger partial charge in [-0.05, 0) is 59.4 Å². The molecule has 0 aliphatic carbocycles. The zero-order valence-electron chi connectivity index (χ0n) is 29.4. The molecule has 54 heavy (non-hydrogen) atoms. The van der Waals surface area contributed by atoms with Crippen molar-refractivity contribution in [1.29, 1.82) is 0 Å². The summed E-state index contributed by atoms with van der Waals surface area (Å²) in [5.74, 6) is -4.25. The molecule has 0 fully saturated rings. The van der Waals surface area contributed by atoms with Crippen LogP contribution in [-0.2, 0) is 54.5 Å². The molecule has 0 saturated carbocycles. The van der Waals surface area contributed by atoms with Gasteiger partial charge >= 0.3 is 5.97 Å². The lowest BCUT2D eigenvalue weighted by molar-refractivity contribution is -0.142. The molecular formula is C41H42BrN5O7. The molecule has 2 aliphatic heterocycles. The number of halogens is 1. The van der Waals surface area contributed by atoms with Gasteiger partial charge in [0.2, 0.25) is 29.5 Å². The summed E-state index contributed by atoms with van der Waals surface area (Å²) in [7, 11) is 0. The zero-order valence-corrected chi connectivity index (χ0v) is 31.0. The molecule has 280 valence electrons. The Labute approximate surface area is 321 Å². The summed E-state index contributed by atoms with van der Waals surface area (Å²) in [6.07, 6.45) is 0.271. The van der Waals surface area contributed by atoms with Gasteiger partial charge in [0.05, 0.1) is 0 Å². The molecule has 4 aromatic rings. The van der Waals surface area contributed by atoms with Gasteiger partial charge in [-0.2, -0.15) is 0 Å². The topological polar surface area (TPSA) is 183 Å². The van der Waals surface area contributed by atoms with Gasteiger partial charge in [0.1, 0.15) is 24.2 Å². The SMILES string of the molecule is O=C1CCC(=O)N[C@H](CCc2ccccc2)C(=O)N[C@@H](Cc2ccc(Br)cc2)C(=O)N[C@H](Cc2ccccc2)C(=O)N[C@@H](C(=O)O)Cc2ccc(cc2)N1. The van der Waals surface area contributed by atoms with Crippen molar-refractivity contribution >= 4 is 57.1 Å². The molecule has 5 amide bonds. The third-order valence-electron chi connectivity index (χ3n) is 8.99. The zero-order chi connectivity index (χ0) is 38.5. The van der Waals surface area contributed by atoms with E-state index in [1.54, 1.807) is 72.8 Å². The van der Waals surface area contributed by atoms with Crippen LogP contribution in [0.2, 0.25) is 0 Å². The van der Waals surface area contributed by atoms with Crippen molar-refractivity contribution in [2.24, 2.45) is 0 Å². The maximum Gasteiger partial charge on any atom is 0.326 e. The average Bonchev–Trinajstić information content (AvgIpc) is 3.16. The van der Waals surface area contributed by atoms with E-state index in [0.29, 0.717) is 28.8 Å². The second-order valence-electron chi connectivity index (χ2n) is 13.1. The first-order chi connectivity index (χ1) is 26.0. The summed E-state index contributed by atoms with van der Waals surface area (Å²) in [6, 6.07) is 27.2. The first kappa shape index (κ1) is 39.4. The monoisotopic (exact) mass is 795 g/mol. The van der Waals surface area contributed by atoms with Gasteiger partial charge in [-0.1, -0.05) is 101 Å². The van der Waals surface area contributed by atoms with Crippen LogP contribution in [0.4, 0.5) is 5.69 Å². The summed E-state index contributed by atoms with van der Waals surface area (Å²) in [6.45, 7) is 0. The second kappa shape index (κ2) is 19.3. The molecule has 13 heteroatoms. The van der Waals surface area contributed by atoms with Crippen LogP contribution in [0.1, 0.15) is 41.5 Å². The number of carbonyl (C=O) groups is 6. The van der Waals surface area contributed by atoms with E-state index in [1.165, 1.54) is 0 Å². The molecule has 4 aromatic carbocycles. The van der Waals surface area contributed by atoms with Crippen LogP contribution in [-0.4, -0.2) is 64.8 Å². The summed E-state index contributed by atoms with van der Waals surface area (Å²) in [4.78, 5) is 80.5. The fourth-order valence-electron chi connectivity index (χ4n) is 6.04. The minimum absolute atomic E-state index is 0.0356. The van der Waals surface area contributed by atoms with E-state index in [-0.39, 0.29) is 38.5 Å². The van der Waals surface area contributed by atoms with Crippen LogP contribution in [0.3, 0.4) is 0 Å². The highest BCUT2D eigenvalue weighted by Crippen LogP contribution is 2.16. The maximum atomic E-state index is 14.2. The van der Waals surface area contributed by atoms with E-state index in [1.807, 2.05) is 36.4 Å². The second-order valence-corrected chi connectivity index (χ2v) is 14.1. The largest absolute Gasteiger partial charge is 0.480 e. The minimum Gasteiger partial charge on any atom is -0.480 e. The smallest absolute Gasteiger partial charge is 0.326 e. The molecule has 2 heterocycles. The number of amides is 5. The van der Waals surface area contributed by atoms with E-state index < -0.39 is 59.7 Å². The van der Waals surface area contributed by atoms with E-state index in [0.717, 1.165) is 10.0 Å². The van der Waals surface area contributed by atoms with E-state index in [2.05, 4.69) is 42.5 Å². The Bertz CT molecular complexity index is 1930. The predicted octanol–water partition coefficient (Wildman–Crippen LogP) is 3.87. The minimum atomic E-state index is -1.34. The fourth-order valence-corrected chi connectivity index (χ4v) is 6.31. The van der Waals surface area contributed by atoms with Crippen LogP contribution < -0.4 is 26.6 Å². The maximum absolute atomic E-state index is 14.2. The summed E-state index contributed by atoms with van der Waals surface area (Å²) < 4.78 is 0.812. The van der Waals surface area contributed by atoms with Crippen LogP contribution in [0.15, 0.2) is 114 Å². The number of nitrogens with one attached hydrogen (secondary N) is 5. The van der Waals surface area contributed by atoms with Crippen molar-refractivity contribution in [1.82, 2.24) is 21.3 Å². The van der Waals surface area contributed by atoms with Crippen LogP contribution >= 0.6 is 15.9 Å². The van der Waals surface area contributed by atoms with Crippen LogP contribution in [0.25, 0.3) is 0 Å². The lowest BCUT2D eigenvalue weighted by Crippen LogP contribution is -2.59. The molecule has 2 bridgehead atoms. The highest BCUT2D eigenvalue weighted by Gasteiger charge is 2.32. The van der Waals surface area contributed by atoms with Gasteiger partial charge < -0.3 is 31.7 Å². The third-order valence-corrected chi connectivity index (χ3v) is 9.52. The van der Waals surface area contributed by atoms with Crippen molar-refractivity contribution in [3.63, 3.8) is 0 Å². The molecule has 0 unspecified atom stereocenters. The average molecular weight is 797 g/mol. The van der Waals surface area contributed by atoms with Crippen LogP contribution in [0.5, 0.6) is 0 Å². The molecule has 2 aliphatic rings. The van der Waals surface area contributed by atoms with Gasteiger partial charge in [0, 0.05) is 42.3 Å². The molecule has 0 saturated heterocycles. The molecule has 4 atom stereocenters. The fraction of sp³-hybridized carbons (Fsp3) is 0.268. The van der Waals surface area contributed by atoms with Gasteiger partial charge in [-0.15, -0.1) is 0 Å². The van der Waals surface area contributed by atoms with Crippen LogP contribution in [0, 0.1) is 0 Å².